The third-order valence-corrected chi connectivity index (χ3v) is 6.20. The molecule has 2 aromatic rings. The Hall–Kier alpha value is -3.49. The summed E-state index contributed by atoms with van der Waals surface area (Å²) in [6.45, 7) is 1.82. The molecule has 0 spiro atoms. The Kier molecular flexibility index (Phi) is 6.86. The number of carbonyl (C=O) groups is 3. The number of fused-ring (bicyclic) bond motifs is 2. The van der Waals surface area contributed by atoms with Crippen LogP contribution in [0.2, 0.25) is 0 Å². The van der Waals surface area contributed by atoms with E-state index in [1.165, 1.54) is 0 Å². The number of rotatable bonds is 8. The summed E-state index contributed by atoms with van der Waals surface area (Å²) < 4.78 is 13.0. The second kappa shape index (κ2) is 9.97. The first-order valence-corrected chi connectivity index (χ1v) is 11.3. The van der Waals surface area contributed by atoms with Gasteiger partial charge in [-0.15, -0.1) is 0 Å². The number of hydrogen-bond acceptors (Lipinski definition) is 6. The molecule has 1 fully saturated rings. The molecule has 1 saturated heterocycles. The summed E-state index contributed by atoms with van der Waals surface area (Å²) in [5.74, 6) is 0.907. The Morgan fingerprint density at radius 3 is 2.88 bits per heavy atom. The van der Waals surface area contributed by atoms with Crippen LogP contribution in [0.5, 0.6) is 11.5 Å². The lowest BCUT2D eigenvalue weighted by atomic mass is 10.0. The number of benzene rings is 1. The number of carbonyl (C=O) groups excluding carboxylic acids is 3. The van der Waals surface area contributed by atoms with Crippen LogP contribution < -0.4 is 20.1 Å². The maximum Gasteiger partial charge on any atom is 0.256 e. The van der Waals surface area contributed by atoms with E-state index in [1.54, 1.807) is 37.1 Å². The maximum absolute atomic E-state index is 13.1. The van der Waals surface area contributed by atoms with Crippen molar-refractivity contribution in [2.24, 2.45) is 7.05 Å². The number of anilines is 2. The number of amides is 2. The molecule has 1 aromatic carbocycles. The predicted octanol–water partition coefficient (Wildman–Crippen LogP) is 3.06. The summed E-state index contributed by atoms with van der Waals surface area (Å²) >= 11 is 0. The topological polar surface area (TPSA) is 102 Å². The quantitative estimate of drug-likeness (QED) is 0.470. The van der Waals surface area contributed by atoms with Crippen molar-refractivity contribution in [3.8, 4) is 11.5 Å². The van der Waals surface area contributed by atoms with Gasteiger partial charge in [-0.3, -0.25) is 14.4 Å². The summed E-state index contributed by atoms with van der Waals surface area (Å²) in [4.78, 5) is 38.2. The maximum atomic E-state index is 13.1. The molecule has 0 aliphatic carbocycles. The van der Waals surface area contributed by atoms with E-state index in [9.17, 15) is 14.4 Å². The summed E-state index contributed by atoms with van der Waals surface area (Å²) in [6, 6.07) is 5.39. The second-order valence-corrected chi connectivity index (χ2v) is 8.46. The van der Waals surface area contributed by atoms with Crippen LogP contribution in [-0.4, -0.2) is 60.4 Å². The molecule has 9 heteroatoms. The fourth-order valence-electron chi connectivity index (χ4n) is 4.42. The number of aromatic nitrogens is 1. The standard InChI is InChI=1S/C24H30N4O5/c1-27-14-16(10-18(27)15-29)26-23(30)7-5-9-33-22-12-20-19(11-21(22)32-2)24(31)28-8-4-3-6-17(28)13-25-20/h10-12,14-15,17,25H,3-9,13H2,1-2H3,(H,26,30). The summed E-state index contributed by atoms with van der Waals surface area (Å²) in [5, 5.41) is 6.19. The molecule has 2 N–H and O–H groups in total. The van der Waals surface area contributed by atoms with E-state index in [0.717, 1.165) is 44.3 Å². The van der Waals surface area contributed by atoms with E-state index >= 15 is 0 Å². The Labute approximate surface area is 193 Å². The molecule has 4 rings (SSSR count). The molecule has 9 nitrogen and oxygen atoms in total. The van der Waals surface area contributed by atoms with Crippen LogP contribution in [0.15, 0.2) is 24.4 Å². The van der Waals surface area contributed by atoms with Gasteiger partial charge in [0, 0.05) is 44.9 Å². The number of ether oxygens (including phenoxy) is 2. The van der Waals surface area contributed by atoms with Gasteiger partial charge in [0.15, 0.2) is 17.8 Å². The van der Waals surface area contributed by atoms with Gasteiger partial charge >= 0.3 is 0 Å². The minimum Gasteiger partial charge on any atom is -0.493 e. The van der Waals surface area contributed by atoms with E-state index in [2.05, 4.69) is 10.6 Å². The summed E-state index contributed by atoms with van der Waals surface area (Å²) in [5.41, 5.74) is 2.43. The van der Waals surface area contributed by atoms with E-state index in [0.29, 0.717) is 41.5 Å². The second-order valence-electron chi connectivity index (χ2n) is 8.46. The van der Waals surface area contributed by atoms with Crippen molar-refractivity contribution in [1.82, 2.24) is 9.47 Å². The van der Waals surface area contributed by atoms with E-state index < -0.39 is 0 Å². The third kappa shape index (κ3) is 4.97. The zero-order valence-corrected chi connectivity index (χ0v) is 19.1. The van der Waals surface area contributed by atoms with E-state index in [-0.39, 0.29) is 24.3 Å². The van der Waals surface area contributed by atoms with Gasteiger partial charge in [0.05, 0.1) is 36.3 Å². The molecular formula is C24H30N4O5. The van der Waals surface area contributed by atoms with Crippen LogP contribution in [0.4, 0.5) is 11.4 Å². The van der Waals surface area contributed by atoms with Gasteiger partial charge < -0.3 is 29.6 Å². The van der Waals surface area contributed by atoms with Gasteiger partial charge in [-0.25, -0.2) is 0 Å². The molecular weight excluding hydrogens is 424 g/mol. The van der Waals surface area contributed by atoms with Gasteiger partial charge in [0.2, 0.25) is 5.91 Å². The fourth-order valence-corrected chi connectivity index (χ4v) is 4.42. The molecule has 1 atom stereocenters. The molecule has 3 heterocycles. The Bertz CT molecular complexity index is 1050. The molecule has 1 unspecified atom stereocenters. The van der Waals surface area contributed by atoms with Gasteiger partial charge in [-0.2, -0.15) is 0 Å². The zero-order chi connectivity index (χ0) is 23.4. The van der Waals surface area contributed by atoms with E-state index in [4.69, 9.17) is 9.47 Å². The smallest absolute Gasteiger partial charge is 0.256 e. The summed E-state index contributed by atoms with van der Waals surface area (Å²) in [6.07, 6.45) is 6.39. The summed E-state index contributed by atoms with van der Waals surface area (Å²) in [7, 11) is 3.29. The molecule has 2 amide bonds. The number of piperidine rings is 1. The monoisotopic (exact) mass is 454 g/mol. The molecule has 33 heavy (non-hydrogen) atoms. The zero-order valence-electron chi connectivity index (χ0n) is 19.1. The van der Waals surface area contributed by atoms with Crippen molar-refractivity contribution in [3.63, 3.8) is 0 Å². The SMILES string of the molecule is COc1cc2c(cc1OCCCC(=O)Nc1cc(C=O)n(C)c1)NCC1CCCCN1C2=O. The van der Waals surface area contributed by atoms with Crippen LogP contribution in [0.25, 0.3) is 0 Å². The lowest BCUT2D eigenvalue weighted by Crippen LogP contribution is -2.45. The highest BCUT2D eigenvalue weighted by Gasteiger charge is 2.32. The van der Waals surface area contributed by atoms with Gasteiger partial charge in [-0.1, -0.05) is 0 Å². The molecule has 0 bridgehead atoms. The van der Waals surface area contributed by atoms with Crippen LogP contribution in [0, 0.1) is 0 Å². The first-order valence-electron chi connectivity index (χ1n) is 11.3. The van der Waals surface area contributed by atoms with Crippen LogP contribution >= 0.6 is 0 Å². The number of nitrogens with zero attached hydrogens (tertiary/aromatic N) is 2. The minimum absolute atomic E-state index is 0.0277. The molecule has 176 valence electrons. The van der Waals surface area contributed by atoms with Gasteiger partial charge in [0.1, 0.15) is 0 Å². The number of hydrogen-bond donors (Lipinski definition) is 2. The third-order valence-electron chi connectivity index (χ3n) is 6.20. The first kappa shape index (κ1) is 22.7. The number of aldehydes is 1. The largest absolute Gasteiger partial charge is 0.493 e. The van der Waals surface area contributed by atoms with Gasteiger partial charge in [0.25, 0.3) is 5.91 Å². The highest BCUT2D eigenvalue weighted by molar-refractivity contribution is 6.01. The predicted molar refractivity (Wildman–Crippen MR) is 124 cm³/mol. The fraction of sp³-hybridized carbons (Fsp3) is 0.458. The van der Waals surface area contributed by atoms with Crippen molar-refractivity contribution in [1.29, 1.82) is 0 Å². The lowest BCUT2D eigenvalue weighted by Gasteiger charge is -2.34. The Morgan fingerprint density at radius 2 is 2.12 bits per heavy atom. The van der Waals surface area contributed by atoms with Crippen LogP contribution in [-0.2, 0) is 11.8 Å². The van der Waals surface area contributed by atoms with Crippen LogP contribution in [0.3, 0.4) is 0 Å². The van der Waals surface area contributed by atoms with Crippen molar-refractivity contribution in [3.05, 3.63) is 35.7 Å². The number of nitrogens with one attached hydrogen (secondary N) is 2. The molecule has 0 radical (unpaired) electrons. The Balaban J connectivity index is 1.35. The van der Waals surface area contributed by atoms with Gasteiger partial charge in [-0.05, 0) is 37.8 Å². The minimum atomic E-state index is -0.153. The van der Waals surface area contributed by atoms with Crippen molar-refractivity contribution in [2.75, 3.05) is 37.4 Å². The highest BCUT2D eigenvalue weighted by Crippen LogP contribution is 2.37. The van der Waals surface area contributed by atoms with Crippen molar-refractivity contribution < 1.29 is 23.9 Å². The molecule has 2 aliphatic rings. The highest BCUT2D eigenvalue weighted by atomic mass is 16.5. The van der Waals surface area contributed by atoms with Crippen LogP contribution in [0.1, 0.15) is 53.0 Å². The van der Waals surface area contributed by atoms with Crippen molar-refractivity contribution in [2.45, 2.75) is 38.1 Å². The number of aryl methyl sites for hydroxylation is 1. The number of methoxy groups -OCH3 is 1. The normalized spacial score (nSPS) is 17.3. The molecule has 2 aliphatic heterocycles. The lowest BCUT2D eigenvalue weighted by molar-refractivity contribution is -0.116. The molecule has 0 saturated carbocycles. The average Bonchev–Trinajstić information content (AvgIpc) is 3.11. The Morgan fingerprint density at radius 1 is 1.27 bits per heavy atom. The average molecular weight is 455 g/mol. The molecule has 1 aromatic heterocycles. The van der Waals surface area contributed by atoms with Crippen molar-refractivity contribution >= 4 is 29.5 Å². The van der Waals surface area contributed by atoms with E-state index in [1.807, 2.05) is 11.0 Å². The first-order chi connectivity index (χ1) is 16.0.